The summed E-state index contributed by atoms with van der Waals surface area (Å²) in [5.74, 6) is -0.479. The van der Waals surface area contributed by atoms with Crippen molar-refractivity contribution < 1.29 is 28.6 Å². The van der Waals surface area contributed by atoms with Crippen LogP contribution in [-0.4, -0.2) is 52.1 Å². The maximum atomic E-state index is 12.6. The molecule has 182 valence electrons. The van der Waals surface area contributed by atoms with Crippen molar-refractivity contribution in [1.82, 2.24) is 10.9 Å². The Kier molecular flexibility index (Phi) is 7.83. The van der Waals surface area contributed by atoms with E-state index < -0.39 is 17.7 Å². The van der Waals surface area contributed by atoms with Crippen LogP contribution in [0, 0.1) is 19.8 Å². The van der Waals surface area contributed by atoms with E-state index in [0.29, 0.717) is 22.9 Å². The van der Waals surface area contributed by atoms with Gasteiger partial charge in [0.05, 0.1) is 39.5 Å². The number of nitrogens with one attached hydrogen (secondary N) is 3. The van der Waals surface area contributed by atoms with Crippen LogP contribution in [0.4, 0.5) is 11.4 Å². The van der Waals surface area contributed by atoms with Gasteiger partial charge < -0.3 is 24.4 Å². The van der Waals surface area contributed by atoms with Crippen LogP contribution in [0.2, 0.25) is 0 Å². The molecule has 1 atom stereocenters. The molecule has 0 aromatic heterocycles. The molecule has 3 amide bonds. The minimum absolute atomic E-state index is 0.00859. The van der Waals surface area contributed by atoms with Crippen LogP contribution < -0.4 is 35.3 Å². The van der Waals surface area contributed by atoms with Crippen molar-refractivity contribution in [3.8, 4) is 17.2 Å². The van der Waals surface area contributed by atoms with E-state index in [9.17, 15) is 14.4 Å². The second kappa shape index (κ2) is 10.8. The summed E-state index contributed by atoms with van der Waals surface area (Å²) in [7, 11) is 4.47. The smallest absolute Gasteiger partial charge is 0.257 e. The van der Waals surface area contributed by atoms with Crippen LogP contribution in [0.15, 0.2) is 30.3 Å². The summed E-state index contributed by atoms with van der Waals surface area (Å²) in [5.41, 5.74) is 8.33. The van der Waals surface area contributed by atoms with E-state index in [4.69, 9.17) is 14.2 Å². The third-order valence-electron chi connectivity index (χ3n) is 5.60. The summed E-state index contributed by atoms with van der Waals surface area (Å²) in [5, 5.41) is 3.04. The van der Waals surface area contributed by atoms with Gasteiger partial charge in [-0.25, -0.2) is 0 Å². The van der Waals surface area contributed by atoms with Crippen molar-refractivity contribution in [2.45, 2.75) is 20.3 Å². The normalized spacial score (nSPS) is 15.0. The van der Waals surface area contributed by atoms with Gasteiger partial charge in [-0.1, -0.05) is 17.7 Å². The van der Waals surface area contributed by atoms with Crippen molar-refractivity contribution in [1.29, 1.82) is 0 Å². The highest BCUT2D eigenvalue weighted by Gasteiger charge is 2.36. The molecule has 2 aromatic rings. The number of amides is 3. The van der Waals surface area contributed by atoms with E-state index >= 15 is 0 Å². The Morgan fingerprint density at radius 1 is 1.00 bits per heavy atom. The summed E-state index contributed by atoms with van der Waals surface area (Å²) in [6.45, 7) is 4.09. The summed E-state index contributed by atoms with van der Waals surface area (Å²) < 4.78 is 16.0. The standard InChI is InChI=1S/C24H30N4O6/c1-14-6-7-18(15(2)8-14)25-12-21(29)26-27-24(31)16-9-22(30)28(13-16)17-10-19(32-3)23(34-5)20(11-17)33-4/h6-8,10-11,16,25H,9,12-13H2,1-5H3,(H,26,29)(H,27,31). The van der Waals surface area contributed by atoms with Gasteiger partial charge >= 0.3 is 0 Å². The number of benzene rings is 2. The molecule has 1 unspecified atom stereocenters. The fraction of sp³-hybridized carbons (Fsp3) is 0.375. The van der Waals surface area contributed by atoms with E-state index in [0.717, 1.165) is 16.8 Å². The number of ether oxygens (including phenoxy) is 3. The zero-order valence-electron chi connectivity index (χ0n) is 20.0. The molecule has 0 radical (unpaired) electrons. The lowest BCUT2D eigenvalue weighted by atomic mass is 10.1. The topological polar surface area (TPSA) is 118 Å². The molecule has 1 aliphatic rings. The second-order valence-corrected chi connectivity index (χ2v) is 8.00. The van der Waals surface area contributed by atoms with Crippen LogP contribution in [0.5, 0.6) is 17.2 Å². The van der Waals surface area contributed by atoms with Gasteiger partial charge in [-0.05, 0) is 25.5 Å². The first-order valence-corrected chi connectivity index (χ1v) is 10.8. The van der Waals surface area contributed by atoms with E-state index in [-0.39, 0.29) is 25.4 Å². The van der Waals surface area contributed by atoms with Gasteiger partial charge in [0.2, 0.25) is 17.6 Å². The highest BCUT2D eigenvalue weighted by Crippen LogP contribution is 2.42. The molecule has 2 aromatic carbocycles. The van der Waals surface area contributed by atoms with Crippen LogP contribution >= 0.6 is 0 Å². The van der Waals surface area contributed by atoms with Crippen molar-refractivity contribution in [2.75, 3.05) is 44.6 Å². The van der Waals surface area contributed by atoms with Crippen molar-refractivity contribution in [3.05, 3.63) is 41.5 Å². The van der Waals surface area contributed by atoms with Crippen LogP contribution in [0.1, 0.15) is 17.5 Å². The Bertz CT molecular complexity index is 1060. The van der Waals surface area contributed by atoms with Gasteiger partial charge in [-0.2, -0.15) is 0 Å². The predicted octanol–water partition coefficient (Wildman–Crippen LogP) is 1.94. The van der Waals surface area contributed by atoms with E-state index in [1.165, 1.54) is 26.2 Å². The van der Waals surface area contributed by atoms with Gasteiger partial charge in [0.15, 0.2) is 11.5 Å². The highest BCUT2D eigenvalue weighted by molar-refractivity contribution is 6.01. The van der Waals surface area contributed by atoms with Crippen LogP contribution in [0.25, 0.3) is 0 Å². The van der Waals surface area contributed by atoms with Crippen molar-refractivity contribution in [2.24, 2.45) is 5.92 Å². The maximum Gasteiger partial charge on any atom is 0.257 e. The molecule has 3 rings (SSSR count). The molecule has 1 heterocycles. The highest BCUT2D eigenvalue weighted by atomic mass is 16.5. The summed E-state index contributed by atoms with van der Waals surface area (Å²) >= 11 is 0. The number of hydrogen-bond donors (Lipinski definition) is 3. The van der Waals surface area contributed by atoms with Gasteiger partial charge in [0.1, 0.15) is 0 Å². The molecule has 34 heavy (non-hydrogen) atoms. The minimum Gasteiger partial charge on any atom is -0.493 e. The number of aryl methyl sites for hydroxylation is 2. The number of anilines is 2. The molecule has 1 aliphatic heterocycles. The summed E-state index contributed by atoms with van der Waals surface area (Å²) in [6, 6.07) is 9.17. The minimum atomic E-state index is -0.626. The average molecular weight is 471 g/mol. The number of rotatable bonds is 8. The molecular weight excluding hydrogens is 440 g/mol. The van der Waals surface area contributed by atoms with Gasteiger partial charge in [0.25, 0.3) is 5.91 Å². The lowest BCUT2D eigenvalue weighted by molar-refractivity contribution is -0.130. The molecule has 0 aliphatic carbocycles. The van der Waals surface area contributed by atoms with E-state index in [1.807, 2.05) is 32.0 Å². The Morgan fingerprint density at radius 2 is 1.68 bits per heavy atom. The Balaban J connectivity index is 1.57. The lowest BCUT2D eigenvalue weighted by Gasteiger charge is -2.20. The fourth-order valence-electron chi connectivity index (χ4n) is 3.82. The molecule has 0 spiro atoms. The lowest BCUT2D eigenvalue weighted by Crippen LogP contribution is -2.47. The molecule has 3 N–H and O–H groups in total. The first-order chi connectivity index (χ1) is 16.3. The van der Waals surface area contributed by atoms with Gasteiger partial charge in [-0.3, -0.25) is 25.2 Å². The fourth-order valence-corrected chi connectivity index (χ4v) is 3.82. The largest absolute Gasteiger partial charge is 0.493 e. The monoisotopic (exact) mass is 470 g/mol. The SMILES string of the molecule is COc1cc(N2CC(C(=O)NNC(=O)CNc3ccc(C)cc3C)CC2=O)cc(OC)c1OC. The van der Waals surface area contributed by atoms with Gasteiger partial charge in [0, 0.05) is 30.8 Å². The number of hydrogen-bond acceptors (Lipinski definition) is 7. The third-order valence-corrected chi connectivity index (χ3v) is 5.60. The Morgan fingerprint density at radius 3 is 2.26 bits per heavy atom. The molecule has 10 heteroatoms. The number of methoxy groups -OCH3 is 3. The number of carbonyl (C=O) groups is 3. The second-order valence-electron chi connectivity index (χ2n) is 8.00. The Labute approximate surface area is 198 Å². The predicted molar refractivity (Wildman–Crippen MR) is 127 cm³/mol. The van der Waals surface area contributed by atoms with Crippen molar-refractivity contribution >= 4 is 29.1 Å². The molecule has 1 fully saturated rings. The van der Waals surface area contributed by atoms with Crippen molar-refractivity contribution in [3.63, 3.8) is 0 Å². The molecule has 1 saturated heterocycles. The zero-order chi connectivity index (χ0) is 24.8. The van der Waals surface area contributed by atoms with Crippen LogP contribution in [-0.2, 0) is 14.4 Å². The van der Waals surface area contributed by atoms with E-state index in [1.54, 1.807) is 12.1 Å². The van der Waals surface area contributed by atoms with E-state index in [2.05, 4.69) is 16.2 Å². The molecule has 0 saturated carbocycles. The van der Waals surface area contributed by atoms with Crippen LogP contribution in [0.3, 0.4) is 0 Å². The zero-order valence-corrected chi connectivity index (χ0v) is 20.0. The number of hydrazine groups is 1. The van der Waals surface area contributed by atoms with Gasteiger partial charge in [-0.15, -0.1) is 0 Å². The molecular formula is C24H30N4O6. The first kappa shape index (κ1) is 24.7. The summed E-state index contributed by atoms with van der Waals surface area (Å²) in [6.07, 6.45) is 0.0131. The summed E-state index contributed by atoms with van der Waals surface area (Å²) in [4.78, 5) is 38.9. The molecule has 0 bridgehead atoms. The average Bonchev–Trinajstić information content (AvgIpc) is 3.22. The third kappa shape index (κ3) is 5.51. The number of carbonyl (C=O) groups excluding carboxylic acids is 3. The Hall–Kier alpha value is -3.95. The molecule has 10 nitrogen and oxygen atoms in total. The first-order valence-electron chi connectivity index (χ1n) is 10.8. The number of nitrogens with zero attached hydrogens (tertiary/aromatic N) is 1. The quantitative estimate of drug-likeness (QED) is 0.505. The maximum absolute atomic E-state index is 12.6.